The summed E-state index contributed by atoms with van der Waals surface area (Å²) >= 11 is 0. The van der Waals surface area contributed by atoms with Crippen LogP contribution in [0.25, 0.3) is 5.69 Å². The molecule has 0 aliphatic heterocycles. The van der Waals surface area contributed by atoms with Crippen molar-refractivity contribution in [2.75, 3.05) is 11.9 Å². The summed E-state index contributed by atoms with van der Waals surface area (Å²) in [6.45, 7) is 2.19. The van der Waals surface area contributed by atoms with Gasteiger partial charge in [0.2, 0.25) is 5.91 Å². The third kappa shape index (κ3) is 4.29. The molecule has 0 spiro atoms. The highest BCUT2D eigenvalue weighted by molar-refractivity contribution is 5.95. The molecule has 0 bridgehead atoms. The Morgan fingerprint density at radius 3 is 2.65 bits per heavy atom. The van der Waals surface area contributed by atoms with Crippen molar-refractivity contribution in [3.8, 4) is 5.69 Å². The minimum atomic E-state index is -0.199. The Morgan fingerprint density at radius 1 is 1.12 bits per heavy atom. The molecule has 3 rings (SSSR count). The van der Waals surface area contributed by atoms with Gasteiger partial charge in [0, 0.05) is 24.2 Å². The van der Waals surface area contributed by atoms with Gasteiger partial charge >= 0.3 is 0 Å². The molecular formula is C18H18N6O2. The first kappa shape index (κ1) is 17.3. The second-order valence-electron chi connectivity index (χ2n) is 5.68. The molecule has 0 saturated heterocycles. The number of nitrogens with zero attached hydrogens (tertiary/aromatic N) is 4. The first-order chi connectivity index (χ1) is 12.6. The standard InChI is InChI=1S/C18H18N6O2/c1-13-7-8-15(11-16(13)24-12-20-22-23-24)21-17(25)9-10-19-18(26)14-5-3-2-4-6-14/h2-8,11-12H,9-10H2,1H3,(H,19,26)(H,21,25). The van der Waals surface area contributed by atoms with Crippen molar-refractivity contribution in [1.29, 1.82) is 0 Å². The average Bonchev–Trinajstić information content (AvgIpc) is 3.18. The van der Waals surface area contributed by atoms with E-state index in [-0.39, 0.29) is 24.8 Å². The molecule has 8 heteroatoms. The smallest absolute Gasteiger partial charge is 0.251 e. The van der Waals surface area contributed by atoms with E-state index < -0.39 is 0 Å². The molecule has 2 N–H and O–H groups in total. The number of aromatic nitrogens is 4. The molecule has 1 heterocycles. The van der Waals surface area contributed by atoms with Gasteiger partial charge in [-0.25, -0.2) is 4.68 Å². The van der Waals surface area contributed by atoms with Gasteiger partial charge in [0.05, 0.1) is 5.69 Å². The monoisotopic (exact) mass is 350 g/mol. The number of benzene rings is 2. The summed E-state index contributed by atoms with van der Waals surface area (Å²) in [5.74, 6) is -0.389. The van der Waals surface area contributed by atoms with Crippen LogP contribution in [0.4, 0.5) is 5.69 Å². The molecule has 0 aliphatic rings. The van der Waals surface area contributed by atoms with E-state index >= 15 is 0 Å². The largest absolute Gasteiger partial charge is 0.352 e. The van der Waals surface area contributed by atoms with Crippen LogP contribution >= 0.6 is 0 Å². The zero-order chi connectivity index (χ0) is 18.4. The summed E-state index contributed by atoms with van der Waals surface area (Å²) in [7, 11) is 0. The Kier molecular flexibility index (Phi) is 5.33. The first-order valence-corrected chi connectivity index (χ1v) is 8.10. The third-order valence-electron chi connectivity index (χ3n) is 3.76. The van der Waals surface area contributed by atoms with Gasteiger partial charge in [-0.1, -0.05) is 24.3 Å². The van der Waals surface area contributed by atoms with E-state index in [4.69, 9.17) is 0 Å². The Labute approximate surface area is 150 Å². The molecule has 0 atom stereocenters. The quantitative estimate of drug-likeness (QED) is 0.705. The Bertz CT molecular complexity index is 893. The second kappa shape index (κ2) is 8.02. The maximum atomic E-state index is 12.1. The van der Waals surface area contributed by atoms with Gasteiger partial charge < -0.3 is 10.6 Å². The summed E-state index contributed by atoms with van der Waals surface area (Å²) < 4.78 is 1.53. The lowest BCUT2D eigenvalue weighted by atomic mass is 10.2. The number of aryl methyl sites for hydroxylation is 1. The Morgan fingerprint density at radius 2 is 1.92 bits per heavy atom. The van der Waals surface area contributed by atoms with Gasteiger partial charge in [-0.3, -0.25) is 9.59 Å². The molecule has 8 nitrogen and oxygen atoms in total. The minimum Gasteiger partial charge on any atom is -0.352 e. The number of amides is 2. The van der Waals surface area contributed by atoms with Crippen LogP contribution in [0.2, 0.25) is 0 Å². The lowest BCUT2D eigenvalue weighted by Gasteiger charge is -2.10. The zero-order valence-corrected chi connectivity index (χ0v) is 14.2. The molecule has 26 heavy (non-hydrogen) atoms. The predicted octanol–water partition coefficient (Wildman–Crippen LogP) is 1.73. The lowest BCUT2D eigenvalue weighted by Crippen LogP contribution is -2.27. The fourth-order valence-electron chi connectivity index (χ4n) is 2.41. The van der Waals surface area contributed by atoms with E-state index in [1.807, 2.05) is 25.1 Å². The fraction of sp³-hybridized carbons (Fsp3) is 0.167. The molecule has 2 aromatic carbocycles. The van der Waals surface area contributed by atoms with Gasteiger partial charge in [-0.15, -0.1) is 5.10 Å². The van der Waals surface area contributed by atoms with Crippen LogP contribution in [-0.2, 0) is 4.79 Å². The molecule has 0 aliphatic carbocycles. The third-order valence-corrected chi connectivity index (χ3v) is 3.76. The van der Waals surface area contributed by atoms with E-state index in [1.165, 1.54) is 11.0 Å². The Hall–Kier alpha value is -3.55. The maximum absolute atomic E-state index is 12.1. The van der Waals surface area contributed by atoms with Gasteiger partial charge in [0.25, 0.3) is 5.91 Å². The number of anilines is 1. The van der Waals surface area contributed by atoms with Crippen LogP contribution in [0, 0.1) is 6.92 Å². The van der Waals surface area contributed by atoms with Crippen molar-refractivity contribution in [2.24, 2.45) is 0 Å². The van der Waals surface area contributed by atoms with E-state index in [1.54, 1.807) is 30.3 Å². The second-order valence-corrected chi connectivity index (χ2v) is 5.68. The molecule has 0 unspecified atom stereocenters. The average molecular weight is 350 g/mol. The molecule has 0 saturated carbocycles. The van der Waals surface area contributed by atoms with Crippen LogP contribution in [-0.4, -0.2) is 38.6 Å². The van der Waals surface area contributed by atoms with Crippen molar-refractivity contribution in [3.63, 3.8) is 0 Å². The zero-order valence-electron chi connectivity index (χ0n) is 14.2. The van der Waals surface area contributed by atoms with Gasteiger partial charge in [-0.05, 0) is 47.2 Å². The summed E-state index contributed by atoms with van der Waals surface area (Å²) in [4.78, 5) is 24.0. The van der Waals surface area contributed by atoms with Crippen molar-refractivity contribution in [3.05, 3.63) is 66.0 Å². The number of hydrogen-bond donors (Lipinski definition) is 2. The minimum absolute atomic E-state index is 0.173. The molecular weight excluding hydrogens is 332 g/mol. The Balaban J connectivity index is 1.54. The molecule has 132 valence electrons. The van der Waals surface area contributed by atoms with Gasteiger partial charge in [0.15, 0.2) is 0 Å². The summed E-state index contributed by atoms with van der Waals surface area (Å²) in [6, 6.07) is 14.4. The first-order valence-electron chi connectivity index (χ1n) is 8.10. The molecule has 1 aromatic heterocycles. The van der Waals surface area contributed by atoms with Gasteiger partial charge in [-0.2, -0.15) is 0 Å². The van der Waals surface area contributed by atoms with Crippen LogP contribution < -0.4 is 10.6 Å². The van der Waals surface area contributed by atoms with Crippen molar-refractivity contribution >= 4 is 17.5 Å². The SMILES string of the molecule is Cc1ccc(NC(=O)CCNC(=O)c2ccccc2)cc1-n1cnnn1. The molecule has 2 amide bonds. The number of hydrogen-bond acceptors (Lipinski definition) is 5. The number of nitrogens with one attached hydrogen (secondary N) is 2. The number of rotatable bonds is 6. The highest BCUT2D eigenvalue weighted by atomic mass is 16.2. The van der Waals surface area contributed by atoms with E-state index in [2.05, 4.69) is 26.2 Å². The van der Waals surface area contributed by atoms with E-state index in [0.29, 0.717) is 11.3 Å². The van der Waals surface area contributed by atoms with Crippen molar-refractivity contribution in [1.82, 2.24) is 25.5 Å². The normalized spacial score (nSPS) is 10.3. The lowest BCUT2D eigenvalue weighted by molar-refractivity contribution is -0.116. The van der Waals surface area contributed by atoms with Crippen LogP contribution in [0.1, 0.15) is 22.3 Å². The summed E-state index contributed by atoms with van der Waals surface area (Å²) in [6.07, 6.45) is 1.67. The predicted molar refractivity (Wildman–Crippen MR) is 95.9 cm³/mol. The van der Waals surface area contributed by atoms with Crippen LogP contribution in [0.5, 0.6) is 0 Å². The highest BCUT2D eigenvalue weighted by Gasteiger charge is 2.09. The fourth-order valence-corrected chi connectivity index (χ4v) is 2.41. The van der Waals surface area contributed by atoms with Crippen molar-refractivity contribution < 1.29 is 9.59 Å². The maximum Gasteiger partial charge on any atom is 0.251 e. The summed E-state index contributed by atoms with van der Waals surface area (Å²) in [5, 5.41) is 16.6. The number of carbonyl (C=O) groups excluding carboxylic acids is 2. The van der Waals surface area contributed by atoms with E-state index in [0.717, 1.165) is 11.3 Å². The topological polar surface area (TPSA) is 102 Å². The molecule has 0 fully saturated rings. The number of carbonyl (C=O) groups is 2. The molecule has 0 radical (unpaired) electrons. The van der Waals surface area contributed by atoms with E-state index in [9.17, 15) is 9.59 Å². The van der Waals surface area contributed by atoms with Gasteiger partial charge in [0.1, 0.15) is 6.33 Å². The van der Waals surface area contributed by atoms with Crippen LogP contribution in [0.15, 0.2) is 54.9 Å². The summed E-state index contributed by atoms with van der Waals surface area (Å²) in [5.41, 5.74) is 2.97. The number of tetrazole rings is 1. The highest BCUT2D eigenvalue weighted by Crippen LogP contribution is 2.18. The van der Waals surface area contributed by atoms with Crippen molar-refractivity contribution in [2.45, 2.75) is 13.3 Å². The van der Waals surface area contributed by atoms with Crippen LogP contribution in [0.3, 0.4) is 0 Å². The molecule has 3 aromatic rings.